The number of carbonyl (C=O) groups is 1. The number of alkyl halides is 6. The molecule has 1 atom stereocenters. The third-order valence-corrected chi connectivity index (χ3v) is 5.26. The maximum Gasteiger partial charge on any atom is 0.416 e. The second-order valence-electron chi connectivity index (χ2n) is 6.34. The molecule has 11 heteroatoms. The lowest BCUT2D eigenvalue weighted by Gasteiger charge is -2.21. The summed E-state index contributed by atoms with van der Waals surface area (Å²) in [6.45, 7) is -0.502. The molecule has 166 valence electrons. The standard InChI is InChI=1S/C19H19F6NO3S/c1-28-16(29-2)9-14(15-4-3-5-30-15)17(27)26-10-11-6-12(18(20,21)22)8-13(7-11)19(23,24)25/h3-8,14,16H,9-10H2,1-2H3,(H,26,27). The topological polar surface area (TPSA) is 47.6 Å². The zero-order chi connectivity index (χ0) is 22.5. The second-order valence-corrected chi connectivity index (χ2v) is 7.32. The van der Waals surface area contributed by atoms with Gasteiger partial charge in [-0.3, -0.25) is 4.79 Å². The molecule has 1 amide bonds. The molecule has 2 aromatic rings. The Bertz CT molecular complexity index is 800. The summed E-state index contributed by atoms with van der Waals surface area (Å²) < 4.78 is 88.1. The van der Waals surface area contributed by atoms with Crippen molar-refractivity contribution in [2.45, 2.75) is 37.5 Å². The van der Waals surface area contributed by atoms with Crippen LogP contribution in [0.25, 0.3) is 0 Å². The van der Waals surface area contributed by atoms with Crippen LogP contribution in [0.2, 0.25) is 0 Å². The molecule has 1 heterocycles. The van der Waals surface area contributed by atoms with Gasteiger partial charge in [0.1, 0.15) is 0 Å². The molecule has 0 saturated carbocycles. The molecule has 0 spiro atoms. The molecule has 1 N–H and O–H groups in total. The first-order chi connectivity index (χ1) is 14.0. The van der Waals surface area contributed by atoms with E-state index in [1.807, 2.05) is 0 Å². The van der Waals surface area contributed by atoms with Crippen molar-refractivity contribution >= 4 is 17.2 Å². The Morgan fingerprint density at radius 3 is 2.03 bits per heavy atom. The third kappa shape index (κ3) is 6.44. The highest BCUT2D eigenvalue weighted by molar-refractivity contribution is 7.10. The van der Waals surface area contributed by atoms with E-state index in [0.29, 0.717) is 17.0 Å². The van der Waals surface area contributed by atoms with E-state index in [4.69, 9.17) is 9.47 Å². The van der Waals surface area contributed by atoms with Crippen molar-refractivity contribution in [3.05, 3.63) is 57.3 Å². The second kappa shape index (κ2) is 9.80. The van der Waals surface area contributed by atoms with Gasteiger partial charge in [-0.1, -0.05) is 6.07 Å². The molecule has 0 saturated heterocycles. The van der Waals surface area contributed by atoms with Gasteiger partial charge in [0, 0.05) is 32.1 Å². The largest absolute Gasteiger partial charge is 0.416 e. The van der Waals surface area contributed by atoms with Crippen molar-refractivity contribution in [3.63, 3.8) is 0 Å². The lowest BCUT2D eigenvalue weighted by molar-refractivity contribution is -0.143. The van der Waals surface area contributed by atoms with Gasteiger partial charge in [0.2, 0.25) is 5.91 Å². The Balaban J connectivity index is 2.24. The van der Waals surface area contributed by atoms with E-state index in [1.54, 1.807) is 17.5 Å². The number of benzene rings is 1. The highest BCUT2D eigenvalue weighted by Crippen LogP contribution is 2.36. The van der Waals surface area contributed by atoms with E-state index >= 15 is 0 Å². The van der Waals surface area contributed by atoms with Crippen LogP contribution in [-0.2, 0) is 33.2 Å². The Kier molecular flexibility index (Phi) is 7.89. The quantitative estimate of drug-likeness (QED) is 0.440. The summed E-state index contributed by atoms with van der Waals surface area (Å²) >= 11 is 1.29. The van der Waals surface area contributed by atoms with E-state index in [-0.39, 0.29) is 18.1 Å². The number of hydrogen-bond donors (Lipinski definition) is 1. The van der Waals surface area contributed by atoms with Gasteiger partial charge in [-0.05, 0) is 35.2 Å². The molecular formula is C19H19F6NO3S. The predicted molar refractivity (Wildman–Crippen MR) is 97.8 cm³/mol. The summed E-state index contributed by atoms with van der Waals surface area (Å²) in [6, 6.07) is 4.63. The third-order valence-electron chi connectivity index (χ3n) is 4.27. The molecule has 0 aliphatic carbocycles. The van der Waals surface area contributed by atoms with Crippen LogP contribution < -0.4 is 5.32 Å². The minimum Gasteiger partial charge on any atom is -0.356 e. The first kappa shape index (κ1) is 24.2. The summed E-state index contributed by atoms with van der Waals surface area (Å²) in [5, 5.41) is 4.16. The highest BCUT2D eigenvalue weighted by Gasteiger charge is 2.37. The number of methoxy groups -OCH3 is 2. The van der Waals surface area contributed by atoms with Crippen LogP contribution in [0.1, 0.15) is 33.9 Å². The van der Waals surface area contributed by atoms with Gasteiger partial charge in [-0.2, -0.15) is 26.3 Å². The molecule has 4 nitrogen and oxygen atoms in total. The molecule has 0 aliphatic rings. The number of thiophene rings is 1. The average Bonchev–Trinajstić information content (AvgIpc) is 3.20. The number of ether oxygens (including phenoxy) is 2. The van der Waals surface area contributed by atoms with E-state index in [2.05, 4.69) is 5.32 Å². The zero-order valence-electron chi connectivity index (χ0n) is 15.9. The van der Waals surface area contributed by atoms with Crippen molar-refractivity contribution < 1.29 is 40.6 Å². The Morgan fingerprint density at radius 2 is 1.60 bits per heavy atom. The summed E-state index contributed by atoms with van der Waals surface area (Å²) in [7, 11) is 2.78. The van der Waals surface area contributed by atoms with Gasteiger partial charge in [-0.25, -0.2) is 0 Å². The molecule has 1 aromatic carbocycles. The number of carbonyl (C=O) groups excluding carboxylic acids is 1. The van der Waals surface area contributed by atoms with Crippen molar-refractivity contribution in [2.24, 2.45) is 0 Å². The van der Waals surface area contributed by atoms with E-state index in [0.717, 1.165) is 0 Å². The number of amides is 1. The monoisotopic (exact) mass is 455 g/mol. The Hall–Kier alpha value is -2.11. The van der Waals surface area contributed by atoms with Crippen LogP contribution in [0.15, 0.2) is 35.7 Å². The molecular weight excluding hydrogens is 436 g/mol. The van der Waals surface area contributed by atoms with Crippen molar-refractivity contribution in [1.29, 1.82) is 0 Å². The van der Waals surface area contributed by atoms with E-state index in [9.17, 15) is 31.1 Å². The van der Waals surface area contributed by atoms with Crippen LogP contribution in [0.3, 0.4) is 0 Å². The molecule has 1 unspecified atom stereocenters. The molecule has 0 radical (unpaired) electrons. The van der Waals surface area contributed by atoms with Crippen molar-refractivity contribution in [3.8, 4) is 0 Å². The zero-order valence-corrected chi connectivity index (χ0v) is 16.8. The minimum atomic E-state index is -4.95. The molecule has 0 fully saturated rings. The van der Waals surface area contributed by atoms with Crippen LogP contribution in [0.4, 0.5) is 26.3 Å². The number of hydrogen-bond acceptors (Lipinski definition) is 4. The van der Waals surface area contributed by atoms with Crippen LogP contribution in [-0.4, -0.2) is 26.4 Å². The van der Waals surface area contributed by atoms with Crippen molar-refractivity contribution in [2.75, 3.05) is 14.2 Å². The molecule has 30 heavy (non-hydrogen) atoms. The van der Waals surface area contributed by atoms with Gasteiger partial charge < -0.3 is 14.8 Å². The Labute approximate surface area is 172 Å². The first-order valence-corrected chi connectivity index (χ1v) is 9.48. The predicted octanol–water partition coefficient (Wildman–Crippen LogP) is 5.19. The van der Waals surface area contributed by atoms with Gasteiger partial charge in [-0.15, -0.1) is 11.3 Å². The number of halogens is 6. The fraction of sp³-hybridized carbons (Fsp3) is 0.421. The summed E-state index contributed by atoms with van der Waals surface area (Å²) in [5.74, 6) is -1.31. The van der Waals surface area contributed by atoms with Crippen LogP contribution >= 0.6 is 11.3 Å². The van der Waals surface area contributed by atoms with Crippen LogP contribution in [0, 0.1) is 0 Å². The highest BCUT2D eigenvalue weighted by atomic mass is 32.1. The van der Waals surface area contributed by atoms with Gasteiger partial charge in [0.15, 0.2) is 6.29 Å². The van der Waals surface area contributed by atoms with Crippen molar-refractivity contribution in [1.82, 2.24) is 5.32 Å². The lowest BCUT2D eigenvalue weighted by atomic mass is 10.0. The molecule has 0 aliphatic heterocycles. The molecule has 0 bridgehead atoms. The number of rotatable bonds is 8. The van der Waals surface area contributed by atoms with Crippen LogP contribution in [0.5, 0.6) is 0 Å². The molecule has 1 aromatic heterocycles. The van der Waals surface area contributed by atoms with E-state index in [1.165, 1.54) is 25.6 Å². The van der Waals surface area contributed by atoms with Gasteiger partial charge in [0.05, 0.1) is 17.0 Å². The summed E-state index contributed by atoms with van der Waals surface area (Å²) in [5.41, 5.74) is -3.18. The number of nitrogens with one attached hydrogen (secondary N) is 1. The Morgan fingerprint density at radius 1 is 1.03 bits per heavy atom. The maximum absolute atomic E-state index is 13.0. The summed E-state index contributed by atoms with van der Waals surface area (Å²) in [4.78, 5) is 13.3. The van der Waals surface area contributed by atoms with Gasteiger partial charge in [0.25, 0.3) is 0 Å². The first-order valence-electron chi connectivity index (χ1n) is 8.60. The van der Waals surface area contributed by atoms with E-state index < -0.39 is 48.1 Å². The SMILES string of the molecule is COC(CC(C(=O)NCc1cc(C(F)(F)F)cc(C(F)(F)F)c1)c1cccs1)OC. The molecule has 2 rings (SSSR count). The fourth-order valence-electron chi connectivity index (χ4n) is 2.76. The van der Waals surface area contributed by atoms with Gasteiger partial charge >= 0.3 is 12.4 Å². The normalized spacial score (nSPS) is 13.5. The summed E-state index contributed by atoms with van der Waals surface area (Å²) in [6.07, 6.45) is -10.5. The fourth-order valence-corrected chi connectivity index (χ4v) is 3.60. The smallest absolute Gasteiger partial charge is 0.356 e. The average molecular weight is 455 g/mol. The lowest BCUT2D eigenvalue weighted by Crippen LogP contribution is -2.31. The minimum absolute atomic E-state index is 0.0432. The maximum atomic E-state index is 13.0.